The van der Waals surface area contributed by atoms with Gasteiger partial charge in [0.1, 0.15) is 6.61 Å². The van der Waals surface area contributed by atoms with E-state index in [-0.39, 0.29) is 18.5 Å². The molecule has 0 bridgehead atoms. The summed E-state index contributed by atoms with van der Waals surface area (Å²) in [7, 11) is 0. The Morgan fingerprint density at radius 2 is 2.17 bits per heavy atom. The van der Waals surface area contributed by atoms with E-state index in [0.717, 1.165) is 33.4 Å². The molecule has 3 heterocycles. The van der Waals surface area contributed by atoms with Gasteiger partial charge in [0.15, 0.2) is 0 Å². The Kier molecular flexibility index (Phi) is 2.76. The molecule has 1 atom stereocenters. The third kappa shape index (κ3) is 1.82. The maximum absolute atomic E-state index is 12.4. The fourth-order valence-electron chi connectivity index (χ4n) is 3.58. The third-order valence-electron chi connectivity index (χ3n) is 4.60. The first kappa shape index (κ1) is 13.6. The molecule has 0 radical (unpaired) electrons. The second-order valence-corrected chi connectivity index (χ2v) is 6.38. The number of hydrogen-bond donors (Lipinski definition) is 2. The molecule has 2 aliphatic rings. The minimum atomic E-state index is -0.287. The number of cyclic esters (lactones) is 1. The Labute approximate surface area is 142 Å². The Bertz CT molecular complexity index is 1040. The second-order valence-electron chi connectivity index (χ2n) is 5.94. The molecule has 3 aromatic rings. The number of H-pyrrole nitrogens is 1. The van der Waals surface area contributed by atoms with Crippen molar-refractivity contribution < 1.29 is 9.53 Å². The molecule has 2 aliphatic heterocycles. The normalized spacial score (nSPS) is 19.0. The van der Waals surface area contributed by atoms with E-state index in [1.807, 2.05) is 36.4 Å². The first-order valence-electron chi connectivity index (χ1n) is 7.61. The van der Waals surface area contributed by atoms with Gasteiger partial charge in [0, 0.05) is 27.6 Å². The number of aromatic amines is 1. The van der Waals surface area contributed by atoms with E-state index in [1.54, 1.807) is 6.20 Å². The summed E-state index contributed by atoms with van der Waals surface area (Å²) in [6, 6.07) is 11.6. The summed E-state index contributed by atoms with van der Waals surface area (Å²) in [6.07, 6.45) is 1.78. The lowest BCUT2D eigenvalue weighted by Crippen LogP contribution is -2.20. The number of nitrogens with zero attached hydrogens (tertiary/aromatic N) is 1. The van der Waals surface area contributed by atoms with Crippen LogP contribution in [0, 0.1) is 0 Å². The van der Waals surface area contributed by atoms with Crippen molar-refractivity contribution in [3.05, 3.63) is 70.0 Å². The Hall–Kier alpha value is -2.79. The number of carbonyl (C=O) groups excluding carboxylic acids is 1. The largest absolute Gasteiger partial charge is 0.456 e. The number of nitrogens with one attached hydrogen (secondary N) is 2. The minimum absolute atomic E-state index is 0.242. The molecule has 0 saturated heterocycles. The van der Waals surface area contributed by atoms with Crippen LogP contribution in [0.4, 0.5) is 5.69 Å². The monoisotopic (exact) mass is 337 g/mol. The number of esters is 1. The average molecular weight is 338 g/mol. The van der Waals surface area contributed by atoms with Crippen molar-refractivity contribution in [2.24, 2.45) is 0 Å². The first-order valence-corrected chi connectivity index (χ1v) is 7.99. The van der Waals surface area contributed by atoms with E-state index in [9.17, 15) is 4.79 Å². The summed E-state index contributed by atoms with van der Waals surface area (Å²) in [4.78, 5) is 12.4. The maximum Gasteiger partial charge on any atom is 0.337 e. The number of hydrogen-bond acceptors (Lipinski definition) is 4. The molecule has 2 N–H and O–H groups in total. The molecular formula is C18H12ClN3O2. The number of anilines is 1. The molecule has 1 unspecified atom stereocenters. The topological polar surface area (TPSA) is 67.0 Å². The number of aromatic nitrogens is 2. The number of halogens is 1. The van der Waals surface area contributed by atoms with Crippen LogP contribution < -0.4 is 5.32 Å². The van der Waals surface area contributed by atoms with Crippen molar-refractivity contribution in [2.75, 3.05) is 11.9 Å². The molecule has 0 amide bonds. The van der Waals surface area contributed by atoms with Gasteiger partial charge in [0.05, 0.1) is 23.0 Å². The summed E-state index contributed by atoms with van der Waals surface area (Å²) in [5, 5.41) is 12.2. The minimum Gasteiger partial charge on any atom is -0.456 e. The zero-order valence-electron chi connectivity index (χ0n) is 12.5. The van der Waals surface area contributed by atoms with Crippen molar-refractivity contribution in [1.29, 1.82) is 0 Å². The van der Waals surface area contributed by atoms with Crippen molar-refractivity contribution in [1.82, 2.24) is 10.2 Å². The van der Waals surface area contributed by atoms with Gasteiger partial charge >= 0.3 is 5.97 Å². The molecule has 5 nitrogen and oxygen atoms in total. The first-order chi connectivity index (χ1) is 11.7. The standard InChI is InChI=1S/C18H12ClN3O2/c19-11-3-1-2-9(6-11)14-15-12(5-4-10-7-20-22-17(10)15)21-13-8-24-18(23)16(13)14/h1-7,14,21H,8H2,(H,20,22). The third-order valence-corrected chi connectivity index (χ3v) is 4.83. The summed E-state index contributed by atoms with van der Waals surface area (Å²) >= 11 is 6.20. The van der Waals surface area contributed by atoms with Crippen LogP contribution in [0.5, 0.6) is 0 Å². The summed E-state index contributed by atoms with van der Waals surface area (Å²) in [6.45, 7) is 0.270. The molecule has 2 aromatic carbocycles. The number of carbonyl (C=O) groups is 1. The fourth-order valence-corrected chi connectivity index (χ4v) is 3.78. The SMILES string of the molecule is O=C1OCC2=C1C(c1cccc(Cl)c1)c1c(ccc3cn[nH]c13)N2. The van der Waals surface area contributed by atoms with Crippen LogP contribution in [0.3, 0.4) is 0 Å². The van der Waals surface area contributed by atoms with Gasteiger partial charge in [-0.1, -0.05) is 23.7 Å². The van der Waals surface area contributed by atoms with Crippen molar-refractivity contribution >= 4 is 34.2 Å². The van der Waals surface area contributed by atoms with E-state index in [4.69, 9.17) is 16.3 Å². The van der Waals surface area contributed by atoms with Gasteiger partial charge in [0.2, 0.25) is 0 Å². The number of benzene rings is 2. The lowest BCUT2D eigenvalue weighted by Gasteiger charge is -2.27. The molecule has 0 fully saturated rings. The quantitative estimate of drug-likeness (QED) is 0.666. The number of fused-ring (bicyclic) bond motifs is 3. The molecule has 5 rings (SSSR count). The molecule has 24 heavy (non-hydrogen) atoms. The Balaban J connectivity index is 1.84. The van der Waals surface area contributed by atoms with Crippen LogP contribution in [-0.2, 0) is 9.53 Å². The van der Waals surface area contributed by atoms with Crippen LogP contribution >= 0.6 is 11.6 Å². The number of rotatable bonds is 1. The van der Waals surface area contributed by atoms with Crippen molar-refractivity contribution in [3.63, 3.8) is 0 Å². The Morgan fingerprint density at radius 1 is 1.25 bits per heavy atom. The summed E-state index contributed by atoms with van der Waals surface area (Å²) in [5.41, 5.74) is 5.27. The number of ether oxygens (including phenoxy) is 1. The predicted octanol–water partition coefficient (Wildman–Crippen LogP) is 3.58. The van der Waals surface area contributed by atoms with E-state index < -0.39 is 0 Å². The molecule has 0 saturated carbocycles. The van der Waals surface area contributed by atoms with Gasteiger partial charge in [-0.2, -0.15) is 5.10 Å². The molecule has 0 aliphatic carbocycles. The summed E-state index contributed by atoms with van der Waals surface area (Å²) in [5.74, 6) is -0.529. The van der Waals surface area contributed by atoms with Crippen LogP contribution in [0.15, 0.2) is 53.9 Å². The predicted molar refractivity (Wildman–Crippen MR) is 91.0 cm³/mol. The Morgan fingerprint density at radius 3 is 3.04 bits per heavy atom. The van der Waals surface area contributed by atoms with E-state index in [2.05, 4.69) is 15.5 Å². The highest BCUT2D eigenvalue weighted by Crippen LogP contribution is 2.46. The van der Waals surface area contributed by atoms with Gasteiger partial charge in [-0.15, -0.1) is 0 Å². The van der Waals surface area contributed by atoms with Gasteiger partial charge < -0.3 is 10.1 Å². The van der Waals surface area contributed by atoms with Gasteiger partial charge in [0.25, 0.3) is 0 Å². The second kappa shape index (κ2) is 4.85. The van der Waals surface area contributed by atoms with Crippen LogP contribution in [0.25, 0.3) is 10.9 Å². The van der Waals surface area contributed by atoms with Crippen molar-refractivity contribution in [3.8, 4) is 0 Å². The van der Waals surface area contributed by atoms with Crippen LogP contribution in [0.1, 0.15) is 17.0 Å². The molecular weight excluding hydrogens is 326 g/mol. The van der Waals surface area contributed by atoms with E-state index >= 15 is 0 Å². The molecule has 6 heteroatoms. The summed E-state index contributed by atoms with van der Waals surface area (Å²) < 4.78 is 5.27. The highest BCUT2D eigenvalue weighted by molar-refractivity contribution is 6.30. The average Bonchev–Trinajstić information content (AvgIpc) is 3.20. The van der Waals surface area contributed by atoms with Crippen LogP contribution in [-0.4, -0.2) is 22.8 Å². The van der Waals surface area contributed by atoms with E-state index in [1.165, 1.54) is 0 Å². The lowest BCUT2D eigenvalue weighted by atomic mass is 9.80. The maximum atomic E-state index is 12.4. The van der Waals surface area contributed by atoms with Gasteiger partial charge in [-0.3, -0.25) is 5.10 Å². The van der Waals surface area contributed by atoms with Gasteiger partial charge in [-0.05, 0) is 29.8 Å². The molecule has 0 spiro atoms. The molecule has 118 valence electrons. The van der Waals surface area contributed by atoms with E-state index in [0.29, 0.717) is 10.6 Å². The van der Waals surface area contributed by atoms with Gasteiger partial charge in [-0.25, -0.2) is 4.79 Å². The fraction of sp³-hybridized carbons (Fsp3) is 0.111. The molecule has 1 aromatic heterocycles. The zero-order chi connectivity index (χ0) is 16.3. The zero-order valence-corrected chi connectivity index (χ0v) is 13.2. The lowest BCUT2D eigenvalue weighted by molar-refractivity contribution is -0.136. The highest BCUT2D eigenvalue weighted by atomic mass is 35.5. The van der Waals surface area contributed by atoms with Crippen molar-refractivity contribution in [2.45, 2.75) is 5.92 Å². The highest BCUT2D eigenvalue weighted by Gasteiger charge is 2.39. The smallest absolute Gasteiger partial charge is 0.337 e. The van der Waals surface area contributed by atoms with Crippen LogP contribution in [0.2, 0.25) is 5.02 Å².